The number of rotatable bonds is 7. The molecule has 1 unspecified atom stereocenters. The molecule has 6 nitrogen and oxygen atoms in total. The van der Waals surface area contributed by atoms with Gasteiger partial charge in [0, 0.05) is 12.1 Å². The zero-order valence-electron chi connectivity index (χ0n) is 17.7. The molecule has 4 rings (SSSR count). The average molecular weight is 438 g/mol. The fourth-order valence-corrected chi connectivity index (χ4v) is 4.89. The molecule has 0 radical (unpaired) electrons. The van der Waals surface area contributed by atoms with Gasteiger partial charge in [0.15, 0.2) is 0 Å². The van der Waals surface area contributed by atoms with E-state index in [1.54, 1.807) is 13.2 Å². The molecule has 1 fully saturated rings. The van der Waals surface area contributed by atoms with Gasteiger partial charge in [-0.05, 0) is 68.7 Å². The van der Waals surface area contributed by atoms with Gasteiger partial charge in [-0.2, -0.15) is 0 Å². The standard InChI is InChI=1S/C24H27N3O3S/c1-30-19-7-4-6-17(14-19)15-22-24(29)26-20-16-18(8-9-21(20)31-22)23(28)25-10-5-13-27-11-2-3-12-27/h4,6-9,14-16,21H,2-3,5,10-13H2,1H3,(H,25,28)/b22-15+. The van der Waals surface area contributed by atoms with E-state index < -0.39 is 0 Å². The Morgan fingerprint density at radius 3 is 3.00 bits per heavy atom. The third-order valence-electron chi connectivity index (χ3n) is 5.53. The van der Waals surface area contributed by atoms with Crippen molar-refractivity contribution in [3.63, 3.8) is 0 Å². The summed E-state index contributed by atoms with van der Waals surface area (Å²) in [5.41, 5.74) is 2.06. The van der Waals surface area contributed by atoms with Crippen LogP contribution in [-0.4, -0.2) is 61.0 Å². The first-order chi connectivity index (χ1) is 15.1. The fourth-order valence-electron chi connectivity index (χ4n) is 3.87. The van der Waals surface area contributed by atoms with Crippen molar-refractivity contribution in [2.45, 2.75) is 24.5 Å². The van der Waals surface area contributed by atoms with Gasteiger partial charge in [-0.3, -0.25) is 9.59 Å². The van der Waals surface area contributed by atoms with E-state index in [4.69, 9.17) is 4.74 Å². The van der Waals surface area contributed by atoms with Crippen molar-refractivity contribution in [1.29, 1.82) is 0 Å². The van der Waals surface area contributed by atoms with Crippen LogP contribution in [0.25, 0.3) is 6.08 Å². The molecule has 31 heavy (non-hydrogen) atoms. The van der Waals surface area contributed by atoms with Crippen molar-refractivity contribution in [3.05, 3.63) is 58.5 Å². The van der Waals surface area contributed by atoms with Crippen LogP contribution in [0.15, 0.2) is 58.0 Å². The lowest BCUT2D eigenvalue weighted by Gasteiger charge is -2.22. The van der Waals surface area contributed by atoms with Crippen LogP contribution in [0.3, 0.4) is 0 Å². The molecule has 162 valence electrons. The van der Waals surface area contributed by atoms with Crippen molar-refractivity contribution < 1.29 is 14.3 Å². The largest absolute Gasteiger partial charge is 0.497 e. The maximum Gasteiger partial charge on any atom is 0.283 e. The number of aliphatic imine (C=N–C) groups is 1. The number of likely N-dealkylation sites (tertiary alicyclic amines) is 1. The normalized spacial score (nSPS) is 22.2. The van der Waals surface area contributed by atoms with E-state index in [-0.39, 0.29) is 17.1 Å². The maximum atomic E-state index is 12.6. The quantitative estimate of drug-likeness (QED) is 0.524. The summed E-state index contributed by atoms with van der Waals surface area (Å²) < 4.78 is 5.24. The number of nitrogens with one attached hydrogen (secondary N) is 1. The number of benzene rings is 1. The summed E-state index contributed by atoms with van der Waals surface area (Å²) in [6.45, 7) is 4.01. The third-order valence-corrected chi connectivity index (χ3v) is 6.73. The van der Waals surface area contributed by atoms with E-state index in [0.29, 0.717) is 22.7 Å². The molecule has 0 bridgehead atoms. The molecule has 1 saturated heterocycles. The van der Waals surface area contributed by atoms with Crippen LogP contribution in [0.4, 0.5) is 0 Å². The summed E-state index contributed by atoms with van der Waals surface area (Å²) in [6, 6.07) is 7.55. The minimum atomic E-state index is -0.281. The molecule has 7 heteroatoms. The lowest BCUT2D eigenvalue weighted by Crippen LogP contribution is -2.31. The molecule has 1 aromatic rings. The highest BCUT2D eigenvalue weighted by molar-refractivity contribution is 8.05. The maximum absolute atomic E-state index is 12.6. The number of ether oxygens (including phenoxy) is 1. The van der Waals surface area contributed by atoms with Crippen molar-refractivity contribution in [2.24, 2.45) is 4.99 Å². The number of methoxy groups -OCH3 is 1. The Bertz CT molecular complexity index is 974. The summed E-state index contributed by atoms with van der Waals surface area (Å²) in [5.74, 6) is 0.341. The highest BCUT2D eigenvalue weighted by atomic mass is 32.2. The lowest BCUT2D eigenvalue weighted by molar-refractivity contribution is -0.117. The van der Waals surface area contributed by atoms with Crippen LogP contribution in [-0.2, 0) is 9.59 Å². The lowest BCUT2D eigenvalue weighted by atomic mass is 10.0. The van der Waals surface area contributed by atoms with Gasteiger partial charge in [-0.25, -0.2) is 4.99 Å². The average Bonchev–Trinajstić information content (AvgIpc) is 3.30. The molecule has 1 N–H and O–H groups in total. The second-order valence-corrected chi connectivity index (χ2v) is 8.97. The van der Waals surface area contributed by atoms with Crippen molar-refractivity contribution in [2.75, 3.05) is 33.3 Å². The van der Waals surface area contributed by atoms with Gasteiger partial charge in [0.25, 0.3) is 11.8 Å². The van der Waals surface area contributed by atoms with E-state index in [1.165, 1.54) is 37.7 Å². The number of hydrogen-bond donors (Lipinski definition) is 1. The Morgan fingerprint density at radius 2 is 2.19 bits per heavy atom. The van der Waals surface area contributed by atoms with Crippen LogP contribution in [0.2, 0.25) is 0 Å². The first-order valence-electron chi connectivity index (χ1n) is 10.7. The Morgan fingerprint density at radius 1 is 1.35 bits per heavy atom. The van der Waals surface area contributed by atoms with Crippen LogP contribution in [0, 0.1) is 0 Å². The van der Waals surface area contributed by atoms with Crippen molar-refractivity contribution in [1.82, 2.24) is 10.2 Å². The van der Waals surface area contributed by atoms with Gasteiger partial charge in [0.1, 0.15) is 5.75 Å². The van der Waals surface area contributed by atoms with Crippen LogP contribution in [0.5, 0.6) is 5.75 Å². The molecular weight excluding hydrogens is 410 g/mol. The van der Waals surface area contributed by atoms with E-state index in [1.807, 2.05) is 42.5 Å². The minimum Gasteiger partial charge on any atom is -0.497 e. The van der Waals surface area contributed by atoms with Crippen LogP contribution < -0.4 is 10.1 Å². The number of hydrogen-bond acceptors (Lipinski definition) is 5. The SMILES string of the molecule is COc1cccc(/C=C2/SC3C=CC(C(=O)NCCCN4CCCC4)=CC3=NC2=O)c1. The smallest absolute Gasteiger partial charge is 0.283 e. The fraction of sp³-hybridized carbons (Fsp3) is 0.375. The zero-order chi connectivity index (χ0) is 21.6. The monoisotopic (exact) mass is 437 g/mol. The molecule has 1 aliphatic carbocycles. The number of thioether (sulfide) groups is 1. The molecule has 2 amide bonds. The van der Waals surface area contributed by atoms with Gasteiger partial charge in [-0.1, -0.05) is 24.3 Å². The second kappa shape index (κ2) is 10.1. The van der Waals surface area contributed by atoms with Crippen LogP contribution >= 0.6 is 11.8 Å². The van der Waals surface area contributed by atoms with E-state index in [0.717, 1.165) is 24.3 Å². The number of carbonyl (C=O) groups is 2. The van der Waals surface area contributed by atoms with E-state index in [9.17, 15) is 9.59 Å². The number of allylic oxidation sites excluding steroid dienone is 1. The first kappa shape index (κ1) is 21.6. The Hall–Kier alpha value is -2.64. The van der Waals surface area contributed by atoms with E-state index >= 15 is 0 Å². The molecule has 1 atom stereocenters. The summed E-state index contributed by atoms with van der Waals surface area (Å²) in [5, 5.41) is 2.91. The van der Waals surface area contributed by atoms with E-state index in [2.05, 4.69) is 15.2 Å². The zero-order valence-corrected chi connectivity index (χ0v) is 18.5. The predicted octanol–water partition coefficient (Wildman–Crippen LogP) is 3.22. The predicted molar refractivity (Wildman–Crippen MR) is 125 cm³/mol. The third kappa shape index (κ3) is 5.54. The Labute approximate surface area is 187 Å². The van der Waals surface area contributed by atoms with Crippen LogP contribution in [0.1, 0.15) is 24.8 Å². The second-order valence-electron chi connectivity index (χ2n) is 7.78. The van der Waals surface area contributed by atoms with Gasteiger partial charge >= 0.3 is 0 Å². The Balaban J connectivity index is 1.37. The topological polar surface area (TPSA) is 71.0 Å². The van der Waals surface area contributed by atoms with Gasteiger partial charge in [0.2, 0.25) is 0 Å². The molecule has 2 heterocycles. The highest BCUT2D eigenvalue weighted by Crippen LogP contribution is 2.34. The highest BCUT2D eigenvalue weighted by Gasteiger charge is 2.28. The number of nitrogens with zero attached hydrogens (tertiary/aromatic N) is 2. The number of fused-ring (bicyclic) bond motifs is 1. The van der Waals surface area contributed by atoms with Crippen molar-refractivity contribution in [3.8, 4) is 5.75 Å². The summed E-state index contributed by atoms with van der Waals surface area (Å²) in [6.07, 6.45) is 10.8. The number of carbonyl (C=O) groups excluding carboxylic acids is 2. The summed E-state index contributed by atoms with van der Waals surface area (Å²) in [4.78, 5) is 32.3. The number of amides is 2. The first-order valence-corrected chi connectivity index (χ1v) is 11.6. The molecule has 1 aromatic carbocycles. The molecule has 0 saturated carbocycles. The Kier molecular flexibility index (Phi) is 7.04. The molecule has 0 spiro atoms. The van der Waals surface area contributed by atoms with Gasteiger partial charge in [0.05, 0.1) is 23.0 Å². The molecule has 0 aromatic heterocycles. The van der Waals surface area contributed by atoms with Gasteiger partial charge in [-0.15, -0.1) is 11.8 Å². The summed E-state index contributed by atoms with van der Waals surface area (Å²) >= 11 is 1.45. The molecule has 2 aliphatic heterocycles. The molecule has 3 aliphatic rings. The molecular formula is C24H27N3O3S. The van der Waals surface area contributed by atoms with Crippen molar-refractivity contribution >= 4 is 35.4 Å². The van der Waals surface area contributed by atoms with Gasteiger partial charge < -0.3 is 15.0 Å². The minimum absolute atomic E-state index is 0.0683. The summed E-state index contributed by atoms with van der Waals surface area (Å²) in [7, 11) is 1.61.